The second kappa shape index (κ2) is 8.08. The van der Waals surface area contributed by atoms with Gasteiger partial charge in [0.05, 0.1) is 18.4 Å². The van der Waals surface area contributed by atoms with Crippen molar-refractivity contribution >= 4 is 11.0 Å². The summed E-state index contributed by atoms with van der Waals surface area (Å²) in [6.45, 7) is 3.79. The Hall–Kier alpha value is -3.52. The van der Waals surface area contributed by atoms with Gasteiger partial charge in [-0.2, -0.15) is 5.10 Å². The third kappa shape index (κ3) is 3.95. The summed E-state index contributed by atoms with van der Waals surface area (Å²) in [5, 5.41) is 14.9. The molecule has 0 unspecified atom stereocenters. The minimum absolute atomic E-state index is 0.0367. The summed E-state index contributed by atoms with van der Waals surface area (Å²) in [6.07, 6.45) is 1.83. The van der Waals surface area contributed by atoms with Gasteiger partial charge in [0.2, 0.25) is 0 Å². The van der Waals surface area contributed by atoms with E-state index in [-0.39, 0.29) is 24.5 Å². The van der Waals surface area contributed by atoms with Crippen LogP contribution in [0, 0.1) is 19.7 Å². The van der Waals surface area contributed by atoms with Gasteiger partial charge in [0, 0.05) is 0 Å². The van der Waals surface area contributed by atoms with Crippen molar-refractivity contribution in [2.45, 2.75) is 26.5 Å². The molecule has 2 heterocycles. The molecule has 2 aromatic heterocycles. The minimum atomic E-state index is -1.02. The molecule has 1 N–H and O–H groups in total. The van der Waals surface area contributed by atoms with Gasteiger partial charge in [-0.3, -0.25) is 9.36 Å². The molecule has 8 heteroatoms. The zero-order valence-electron chi connectivity index (χ0n) is 16.6. The summed E-state index contributed by atoms with van der Waals surface area (Å²) in [7, 11) is 0. The van der Waals surface area contributed by atoms with Gasteiger partial charge in [-0.05, 0) is 49.2 Å². The second-order valence-electron chi connectivity index (χ2n) is 7.24. The van der Waals surface area contributed by atoms with Crippen molar-refractivity contribution < 1.29 is 14.2 Å². The molecule has 0 bridgehead atoms. The van der Waals surface area contributed by atoms with Crippen molar-refractivity contribution in [3.63, 3.8) is 0 Å². The van der Waals surface area contributed by atoms with Crippen molar-refractivity contribution in [3.05, 3.63) is 82.3 Å². The summed E-state index contributed by atoms with van der Waals surface area (Å²) in [4.78, 5) is 17.2. The van der Waals surface area contributed by atoms with E-state index in [0.717, 1.165) is 16.8 Å². The van der Waals surface area contributed by atoms with Crippen LogP contribution in [0.15, 0.2) is 59.8 Å². The first-order valence-corrected chi connectivity index (χ1v) is 9.49. The number of aromatic nitrogens is 4. The number of benzene rings is 2. The monoisotopic (exact) mass is 408 g/mol. The molecule has 2 aromatic carbocycles. The molecular weight excluding hydrogens is 387 g/mol. The zero-order chi connectivity index (χ0) is 21.3. The van der Waals surface area contributed by atoms with Gasteiger partial charge in [0.25, 0.3) is 5.56 Å². The predicted molar refractivity (Wildman–Crippen MR) is 111 cm³/mol. The lowest BCUT2D eigenvalue weighted by Crippen LogP contribution is -2.30. The molecule has 1 atom stereocenters. The van der Waals surface area contributed by atoms with Crippen LogP contribution in [0.1, 0.15) is 11.1 Å². The minimum Gasteiger partial charge on any atom is -0.488 e. The number of hydrogen-bond donors (Lipinski definition) is 1. The molecule has 30 heavy (non-hydrogen) atoms. The van der Waals surface area contributed by atoms with Gasteiger partial charge in [-0.15, -0.1) is 0 Å². The standard InChI is InChI=1S/C22H21FN4O3/c1-14-7-15(2)9-16(8-14)27-21-18(10-25-27)22(29)26(13-24-21)11-17(28)12-30-20-6-4-3-5-19(20)23/h3-10,13,17,28H,11-12H2,1-2H3/t17-/m0/s1. The third-order valence-corrected chi connectivity index (χ3v) is 4.68. The van der Waals surface area contributed by atoms with E-state index < -0.39 is 11.9 Å². The quantitative estimate of drug-likeness (QED) is 0.531. The maximum atomic E-state index is 13.6. The Labute approximate surface area is 172 Å². The van der Waals surface area contributed by atoms with E-state index in [4.69, 9.17) is 4.74 Å². The SMILES string of the molecule is Cc1cc(C)cc(-n2ncc3c(=O)n(C[C@H](O)COc4ccccc4F)cnc32)c1. The van der Waals surface area contributed by atoms with Crippen molar-refractivity contribution in [1.29, 1.82) is 0 Å². The van der Waals surface area contributed by atoms with Crippen LogP contribution in [0.5, 0.6) is 5.75 Å². The van der Waals surface area contributed by atoms with Gasteiger partial charge in [-0.25, -0.2) is 14.1 Å². The Kier molecular flexibility index (Phi) is 5.33. The highest BCUT2D eigenvalue weighted by Gasteiger charge is 2.15. The summed E-state index contributed by atoms with van der Waals surface area (Å²) in [6, 6.07) is 11.9. The first-order valence-electron chi connectivity index (χ1n) is 9.49. The summed E-state index contributed by atoms with van der Waals surface area (Å²) < 4.78 is 21.8. The highest BCUT2D eigenvalue weighted by Crippen LogP contribution is 2.18. The van der Waals surface area contributed by atoms with E-state index >= 15 is 0 Å². The average Bonchev–Trinajstić information content (AvgIpc) is 3.14. The van der Waals surface area contributed by atoms with Gasteiger partial charge < -0.3 is 9.84 Å². The highest BCUT2D eigenvalue weighted by atomic mass is 19.1. The Morgan fingerprint density at radius 1 is 1.17 bits per heavy atom. The predicted octanol–water partition coefficient (Wildman–Crippen LogP) is 2.78. The summed E-state index contributed by atoms with van der Waals surface area (Å²) in [5.74, 6) is -0.462. The molecule has 4 aromatic rings. The van der Waals surface area contributed by atoms with E-state index in [0.29, 0.717) is 11.0 Å². The molecule has 0 saturated carbocycles. The molecule has 7 nitrogen and oxygen atoms in total. The molecule has 0 aliphatic heterocycles. The van der Waals surface area contributed by atoms with Crippen LogP contribution in [0.4, 0.5) is 4.39 Å². The molecule has 154 valence electrons. The van der Waals surface area contributed by atoms with Crippen molar-refractivity contribution in [3.8, 4) is 11.4 Å². The fraction of sp³-hybridized carbons (Fsp3) is 0.227. The number of aliphatic hydroxyl groups excluding tert-OH is 1. The van der Waals surface area contributed by atoms with Gasteiger partial charge >= 0.3 is 0 Å². The highest BCUT2D eigenvalue weighted by molar-refractivity contribution is 5.75. The topological polar surface area (TPSA) is 82.2 Å². The maximum absolute atomic E-state index is 13.6. The number of ether oxygens (including phenoxy) is 1. The molecule has 4 rings (SSSR count). The van der Waals surface area contributed by atoms with E-state index in [2.05, 4.69) is 16.1 Å². The van der Waals surface area contributed by atoms with Crippen molar-refractivity contribution in [2.75, 3.05) is 6.61 Å². The number of aryl methyl sites for hydroxylation is 2. The lowest BCUT2D eigenvalue weighted by atomic mass is 10.1. The fourth-order valence-electron chi connectivity index (χ4n) is 3.37. The van der Waals surface area contributed by atoms with Gasteiger partial charge in [0.15, 0.2) is 17.2 Å². The first-order chi connectivity index (χ1) is 14.4. The van der Waals surface area contributed by atoms with E-state index in [1.165, 1.54) is 29.2 Å². The number of aliphatic hydroxyl groups is 1. The van der Waals surface area contributed by atoms with Crippen LogP contribution in [0.2, 0.25) is 0 Å². The number of para-hydroxylation sites is 1. The van der Waals surface area contributed by atoms with Crippen LogP contribution >= 0.6 is 0 Å². The Morgan fingerprint density at radius 2 is 1.90 bits per heavy atom. The van der Waals surface area contributed by atoms with Crippen molar-refractivity contribution in [2.24, 2.45) is 0 Å². The van der Waals surface area contributed by atoms with E-state index in [9.17, 15) is 14.3 Å². The summed E-state index contributed by atoms with van der Waals surface area (Å²) >= 11 is 0. The Balaban J connectivity index is 1.55. The third-order valence-electron chi connectivity index (χ3n) is 4.68. The van der Waals surface area contributed by atoms with Crippen molar-refractivity contribution in [1.82, 2.24) is 19.3 Å². The molecule has 0 aliphatic carbocycles. The van der Waals surface area contributed by atoms with Crippen LogP contribution < -0.4 is 10.3 Å². The zero-order valence-corrected chi connectivity index (χ0v) is 16.6. The van der Waals surface area contributed by atoms with Gasteiger partial charge in [-0.1, -0.05) is 18.2 Å². The number of hydrogen-bond acceptors (Lipinski definition) is 5. The van der Waals surface area contributed by atoms with Crippen LogP contribution in [-0.2, 0) is 6.54 Å². The smallest absolute Gasteiger partial charge is 0.264 e. The fourth-order valence-corrected chi connectivity index (χ4v) is 3.37. The second-order valence-corrected chi connectivity index (χ2v) is 7.24. The lowest BCUT2D eigenvalue weighted by Gasteiger charge is -2.14. The Morgan fingerprint density at radius 3 is 2.63 bits per heavy atom. The molecule has 0 radical (unpaired) electrons. The number of halogens is 1. The molecule has 0 fully saturated rings. The average molecular weight is 408 g/mol. The van der Waals surface area contributed by atoms with E-state index in [1.807, 2.05) is 26.0 Å². The number of fused-ring (bicyclic) bond motifs is 1. The molecule has 0 aliphatic rings. The largest absolute Gasteiger partial charge is 0.488 e. The number of rotatable bonds is 6. The molecule has 0 amide bonds. The summed E-state index contributed by atoms with van der Waals surface area (Å²) in [5.41, 5.74) is 3.12. The number of nitrogens with zero attached hydrogens (tertiary/aromatic N) is 4. The van der Waals surface area contributed by atoms with Crippen LogP contribution in [0.3, 0.4) is 0 Å². The van der Waals surface area contributed by atoms with E-state index in [1.54, 1.807) is 16.8 Å². The Bertz CT molecular complexity index is 1240. The van der Waals surface area contributed by atoms with Gasteiger partial charge in [0.1, 0.15) is 24.4 Å². The van der Waals surface area contributed by atoms with Crippen LogP contribution in [0.25, 0.3) is 16.7 Å². The molecular formula is C22H21FN4O3. The normalized spacial score (nSPS) is 12.3. The van der Waals surface area contributed by atoms with Crippen LogP contribution in [-0.4, -0.2) is 37.1 Å². The maximum Gasteiger partial charge on any atom is 0.264 e. The lowest BCUT2D eigenvalue weighted by molar-refractivity contribution is 0.0895. The molecule has 0 spiro atoms. The molecule has 0 saturated heterocycles. The first kappa shape index (κ1) is 19.8.